The molecule has 3 fully saturated rings. The Labute approximate surface area is 155 Å². The molecule has 1 aromatic carbocycles. The fraction of sp³-hybridized carbons (Fsp3) is 0.619. The molecule has 4 rings (SSSR count). The van der Waals surface area contributed by atoms with E-state index in [-0.39, 0.29) is 23.8 Å². The van der Waals surface area contributed by atoms with Crippen molar-refractivity contribution in [1.82, 2.24) is 9.80 Å². The average Bonchev–Trinajstić information content (AvgIpc) is 3.24. The second-order valence-corrected chi connectivity index (χ2v) is 7.99. The lowest BCUT2D eigenvalue weighted by atomic mass is 10.0. The van der Waals surface area contributed by atoms with E-state index in [2.05, 4.69) is 19.1 Å². The van der Waals surface area contributed by atoms with Gasteiger partial charge in [0.05, 0.1) is 18.6 Å². The second kappa shape index (κ2) is 7.39. The molecule has 5 nitrogen and oxygen atoms in total. The normalized spacial score (nSPS) is 24.3. The standard InChI is InChI=1S/C21H28N2O3/c1-15-6-2-3-7-16(15)14-26-19-12-22(13-19)21(25)17-10-20(24)23(11-17)18-8-4-5-9-18/h2-3,6-7,17-19H,4-5,8-14H2,1H3/t17-/m1/s1. The van der Waals surface area contributed by atoms with Gasteiger partial charge in [0.2, 0.25) is 11.8 Å². The number of amides is 2. The van der Waals surface area contributed by atoms with Gasteiger partial charge < -0.3 is 14.5 Å². The molecule has 0 aromatic heterocycles. The third-order valence-corrected chi connectivity index (χ3v) is 6.17. The largest absolute Gasteiger partial charge is 0.370 e. The Hall–Kier alpha value is -1.88. The van der Waals surface area contributed by atoms with Crippen molar-refractivity contribution in [3.8, 4) is 0 Å². The first-order valence-corrected chi connectivity index (χ1v) is 9.86. The first-order chi connectivity index (χ1) is 12.6. The molecule has 0 N–H and O–H groups in total. The van der Waals surface area contributed by atoms with Gasteiger partial charge in [-0.3, -0.25) is 9.59 Å². The zero-order valence-corrected chi connectivity index (χ0v) is 15.5. The zero-order valence-electron chi connectivity index (χ0n) is 15.5. The Kier molecular flexibility index (Phi) is 4.98. The Morgan fingerprint density at radius 1 is 1.15 bits per heavy atom. The van der Waals surface area contributed by atoms with Gasteiger partial charge in [0.15, 0.2) is 0 Å². The predicted molar refractivity (Wildman–Crippen MR) is 98.4 cm³/mol. The summed E-state index contributed by atoms with van der Waals surface area (Å²) in [4.78, 5) is 28.8. The van der Waals surface area contributed by atoms with Crippen LogP contribution in [0.15, 0.2) is 24.3 Å². The van der Waals surface area contributed by atoms with Gasteiger partial charge in [0.1, 0.15) is 0 Å². The number of carbonyl (C=O) groups is 2. The van der Waals surface area contributed by atoms with Crippen LogP contribution in [0.1, 0.15) is 43.2 Å². The summed E-state index contributed by atoms with van der Waals surface area (Å²) < 4.78 is 5.94. The molecule has 2 aliphatic heterocycles. The van der Waals surface area contributed by atoms with Gasteiger partial charge in [0.25, 0.3) is 0 Å². The minimum absolute atomic E-state index is 0.113. The lowest BCUT2D eigenvalue weighted by Crippen LogP contribution is -2.56. The Balaban J connectivity index is 1.23. The summed E-state index contributed by atoms with van der Waals surface area (Å²) >= 11 is 0. The Morgan fingerprint density at radius 3 is 2.62 bits per heavy atom. The molecule has 5 heteroatoms. The maximum atomic E-state index is 12.7. The van der Waals surface area contributed by atoms with Crippen LogP contribution in [-0.4, -0.2) is 53.4 Å². The van der Waals surface area contributed by atoms with E-state index in [1.165, 1.54) is 24.0 Å². The highest BCUT2D eigenvalue weighted by molar-refractivity contribution is 5.89. The highest BCUT2D eigenvalue weighted by Gasteiger charge is 2.42. The molecule has 0 unspecified atom stereocenters. The average molecular weight is 356 g/mol. The number of carbonyl (C=O) groups excluding carboxylic acids is 2. The summed E-state index contributed by atoms with van der Waals surface area (Å²) in [7, 11) is 0. The summed E-state index contributed by atoms with van der Waals surface area (Å²) in [5.41, 5.74) is 2.43. The number of aryl methyl sites for hydroxylation is 1. The molecule has 2 amide bonds. The van der Waals surface area contributed by atoms with Gasteiger partial charge >= 0.3 is 0 Å². The van der Waals surface area contributed by atoms with Crippen LogP contribution in [0.5, 0.6) is 0 Å². The molecule has 0 bridgehead atoms. The molecule has 0 radical (unpaired) electrons. The monoisotopic (exact) mass is 356 g/mol. The summed E-state index contributed by atoms with van der Waals surface area (Å²) in [6.45, 7) is 4.60. The van der Waals surface area contributed by atoms with Gasteiger partial charge in [-0.1, -0.05) is 37.1 Å². The minimum Gasteiger partial charge on any atom is -0.370 e. The van der Waals surface area contributed by atoms with E-state index < -0.39 is 0 Å². The quantitative estimate of drug-likeness (QED) is 0.815. The first-order valence-electron chi connectivity index (χ1n) is 9.86. The summed E-state index contributed by atoms with van der Waals surface area (Å²) in [5, 5.41) is 0. The van der Waals surface area contributed by atoms with Gasteiger partial charge in [-0.15, -0.1) is 0 Å². The van der Waals surface area contributed by atoms with Crippen molar-refractivity contribution in [2.45, 2.75) is 57.8 Å². The van der Waals surface area contributed by atoms with Crippen LogP contribution in [0.4, 0.5) is 0 Å². The lowest BCUT2D eigenvalue weighted by Gasteiger charge is -2.40. The smallest absolute Gasteiger partial charge is 0.228 e. The number of hydrogen-bond acceptors (Lipinski definition) is 3. The zero-order chi connectivity index (χ0) is 18.1. The molecular formula is C21H28N2O3. The first kappa shape index (κ1) is 17.5. The number of likely N-dealkylation sites (tertiary alicyclic amines) is 2. The highest BCUT2D eigenvalue weighted by Crippen LogP contribution is 2.31. The topological polar surface area (TPSA) is 49.9 Å². The number of hydrogen-bond donors (Lipinski definition) is 0. The molecule has 1 aromatic rings. The van der Waals surface area contributed by atoms with Gasteiger partial charge in [-0.25, -0.2) is 0 Å². The Morgan fingerprint density at radius 2 is 1.88 bits per heavy atom. The molecule has 2 saturated heterocycles. The summed E-state index contributed by atoms with van der Waals surface area (Å²) in [6.07, 6.45) is 5.12. The van der Waals surface area contributed by atoms with Gasteiger partial charge in [-0.2, -0.15) is 0 Å². The van der Waals surface area contributed by atoms with Crippen LogP contribution in [-0.2, 0) is 20.9 Å². The van der Waals surface area contributed by atoms with E-state index in [1.807, 2.05) is 21.9 Å². The molecule has 1 saturated carbocycles. The van der Waals surface area contributed by atoms with E-state index in [0.717, 1.165) is 12.8 Å². The molecule has 140 valence electrons. The van der Waals surface area contributed by atoms with Crippen molar-refractivity contribution < 1.29 is 14.3 Å². The van der Waals surface area contributed by atoms with Gasteiger partial charge in [-0.05, 0) is 30.9 Å². The predicted octanol–water partition coefficient (Wildman–Crippen LogP) is 2.51. The number of ether oxygens (including phenoxy) is 1. The SMILES string of the molecule is Cc1ccccc1COC1CN(C(=O)[C@@H]2CC(=O)N(C3CCCC3)C2)C1. The van der Waals surface area contributed by atoms with E-state index in [9.17, 15) is 9.59 Å². The highest BCUT2D eigenvalue weighted by atomic mass is 16.5. The van der Waals surface area contributed by atoms with Crippen LogP contribution < -0.4 is 0 Å². The third-order valence-electron chi connectivity index (χ3n) is 6.17. The molecule has 26 heavy (non-hydrogen) atoms. The van der Waals surface area contributed by atoms with Crippen molar-refractivity contribution in [2.75, 3.05) is 19.6 Å². The fourth-order valence-corrected chi connectivity index (χ4v) is 4.43. The van der Waals surface area contributed by atoms with Crippen molar-refractivity contribution >= 4 is 11.8 Å². The number of nitrogens with zero attached hydrogens (tertiary/aromatic N) is 2. The fourth-order valence-electron chi connectivity index (χ4n) is 4.43. The van der Waals surface area contributed by atoms with Crippen LogP contribution in [0.2, 0.25) is 0 Å². The minimum atomic E-state index is -0.152. The van der Waals surface area contributed by atoms with E-state index in [4.69, 9.17) is 4.74 Å². The molecule has 1 aliphatic carbocycles. The van der Waals surface area contributed by atoms with Crippen molar-refractivity contribution in [3.63, 3.8) is 0 Å². The lowest BCUT2D eigenvalue weighted by molar-refractivity contribution is -0.150. The maximum absolute atomic E-state index is 12.7. The number of benzene rings is 1. The maximum Gasteiger partial charge on any atom is 0.228 e. The second-order valence-electron chi connectivity index (χ2n) is 7.99. The molecule has 0 spiro atoms. The molecular weight excluding hydrogens is 328 g/mol. The molecule has 3 aliphatic rings. The van der Waals surface area contributed by atoms with Gasteiger partial charge in [0, 0.05) is 32.1 Å². The third kappa shape index (κ3) is 3.50. The van der Waals surface area contributed by atoms with E-state index in [0.29, 0.717) is 38.7 Å². The van der Waals surface area contributed by atoms with E-state index in [1.54, 1.807) is 0 Å². The van der Waals surface area contributed by atoms with Crippen LogP contribution in [0.3, 0.4) is 0 Å². The van der Waals surface area contributed by atoms with Crippen molar-refractivity contribution in [3.05, 3.63) is 35.4 Å². The Bertz CT molecular complexity index is 678. The van der Waals surface area contributed by atoms with Crippen molar-refractivity contribution in [2.24, 2.45) is 5.92 Å². The summed E-state index contributed by atoms with van der Waals surface area (Å²) in [6, 6.07) is 8.60. The molecule has 2 heterocycles. The van der Waals surface area contributed by atoms with E-state index >= 15 is 0 Å². The number of rotatable bonds is 5. The van der Waals surface area contributed by atoms with Crippen molar-refractivity contribution in [1.29, 1.82) is 0 Å². The molecule has 1 atom stereocenters. The van der Waals surface area contributed by atoms with Crippen LogP contribution in [0.25, 0.3) is 0 Å². The summed E-state index contributed by atoms with van der Waals surface area (Å²) in [5.74, 6) is 0.151. The van der Waals surface area contributed by atoms with Crippen LogP contribution in [0, 0.1) is 12.8 Å². The van der Waals surface area contributed by atoms with Crippen LogP contribution >= 0.6 is 0 Å².